The van der Waals surface area contributed by atoms with Crippen LogP contribution in [0.5, 0.6) is 0 Å². The quantitative estimate of drug-likeness (QED) is 0.765. The zero-order chi connectivity index (χ0) is 13.1. The molecular weight excluding hydrogens is 228 g/mol. The van der Waals surface area contributed by atoms with Gasteiger partial charge >= 0.3 is 0 Å². The molecule has 0 bridgehead atoms. The first-order chi connectivity index (χ1) is 8.59. The third-order valence-electron chi connectivity index (χ3n) is 2.58. The lowest BCUT2D eigenvalue weighted by Crippen LogP contribution is -2.17. The number of carbonyl (C=O) groups excluding carboxylic acids is 2. The smallest absolute Gasteiger partial charge is 0.229 e. The average molecular weight is 242 g/mol. The first kappa shape index (κ1) is 12.3. The van der Waals surface area contributed by atoms with Crippen LogP contribution >= 0.6 is 0 Å². The molecule has 2 rings (SSSR count). The van der Waals surface area contributed by atoms with Crippen LogP contribution in [0.3, 0.4) is 0 Å². The average Bonchev–Trinajstić information content (AvgIpc) is 2.35. The fraction of sp³-hybridized carbons (Fsp3) is 0.200. The Morgan fingerprint density at radius 1 is 1.11 bits per heavy atom. The Morgan fingerprint density at radius 3 is 2.44 bits per heavy atom. The number of rotatable bonds is 3. The van der Waals surface area contributed by atoms with Crippen molar-refractivity contribution >= 4 is 11.6 Å². The van der Waals surface area contributed by atoms with Crippen LogP contribution in [-0.4, -0.2) is 11.6 Å². The van der Waals surface area contributed by atoms with E-state index in [1.807, 2.05) is 19.9 Å². The minimum absolute atomic E-state index is 0.0793. The highest BCUT2D eigenvalue weighted by Gasteiger charge is 2.25. The van der Waals surface area contributed by atoms with Crippen LogP contribution in [0.25, 0.3) is 0 Å². The van der Waals surface area contributed by atoms with E-state index < -0.39 is 0 Å². The van der Waals surface area contributed by atoms with Gasteiger partial charge in [-0.2, -0.15) is 0 Å². The van der Waals surface area contributed by atoms with Crippen molar-refractivity contribution in [1.82, 2.24) is 0 Å². The van der Waals surface area contributed by atoms with Crippen molar-refractivity contribution in [2.24, 2.45) is 5.92 Å². The van der Waals surface area contributed by atoms with E-state index in [0.717, 1.165) is 0 Å². The van der Waals surface area contributed by atoms with Crippen molar-refractivity contribution in [3.63, 3.8) is 0 Å². The summed E-state index contributed by atoms with van der Waals surface area (Å²) in [6, 6.07) is 6.75. The van der Waals surface area contributed by atoms with Crippen LogP contribution in [0.1, 0.15) is 34.6 Å². The molecule has 0 atom stereocenters. The Kier molecular flexibility index (Phi) is 3.42. The molecule has 1 aromatic carbocycles. The molecule has 0 N–H and O–H groups in total. The molecular formula is C15H14O3. The highest BCUT2D eigenvalue weighted by Crippen LogP contribution is 2.21. The maximum absolute atomic E-state index is 12.1. The predicted octanol–water partition coefficient (Wildman–Crippen LogP) is 3.14. The number of benzene rings is 1. The number of ether oxygens (including phenoxy) is 1. The molecule has 0 spiro atoms. The van der Waals surface area contributed by atoms with E-state index in [0.29, 0.717) is 17.0 Å². The molecule has 0 radical (unpaired) electrons. The van der Waals surface area contributed by atoms with Crippen molar-refractivity contribution in [3.8, 4) is 0 Å². The van der Waals surface area contributed by atoms with Crippen molar-refractivity contribution in [3.05, 3.63) is 59.6 Å². The van der Waals surface area contributed by atoms with Crippen LogP contribution in [0.15, 0.2) is 48.4 Å². The number of hydrogen-bond donors (Lipinski definition) is 0. The standard InChI is InChI=1S/C15H14O3/c1-10(2)7-8-18-14-9-13(16)11-5-3-4-6-12(11)15(14)17/h3-10H,1-2H3. The van der Waals surface area contributed by atoms with E-state index in [-0.39, 0.29) is 17.3 Å². The normalized spacial score (nSPS) is 14.9. The van der Waals surface area contributed by atoms with Crippen LogP contribution in [0.4, 0.5) is 0 Å². The minimum Gasteiger partial charge on any atom is -0.461 e. The second kappa shape index (κ2) is 5.00. The summed E-state index contributed by atoms with van der Waals surface area (Å²) in [4.78, 5) is 23.9. The largest absolute Gasteiger partial charge is 0.461 e. The molecule has 0 aliphatic heterocycles. The van der Waals surface area contributed by atoms with Crippen molar-refractivity contribution in [2.75, 3.05) is 0 Å². The molecule has 0 aromatic heterocycles. The van der Waals surface area contributed by atoms with Gasteiger partial charge in [-0.05, 0) is 12.0 Å². The number of fused-ring (bicyclic) bond motifs is 1. The summed E-state index contributed by atoms with van der Waals surface area (Å²) < 4.78 is 5.24. The van der Waals surface area contributed by atoms with Crippen LogP contribution in [0.2, 0.25) is 0 Å². The van der Waals surface area contributed by atoms with Gasteiger partial charge in [-0.25, -0.2) is 0 Å². The Bertz CT molecular complexity index is 551. The van der Waals surface area contributed by atoms with E-state index >= 15 is 0 Å². The molecule has 0 saturated heterocycles. The summed E-state index contributed by atoms with van der Waals surface area (Å²) in [7, 11) is 0. The first-order valence-corrected chi connectivity index (χ1v) is 5.82. The Balaban J connectivity index is 2.26. The second-order valence-corrected chi connectivity index (χ2v) is 4.44. The van der Waals surface area contributed by atoms with Gasteiger partial charge in [-0.3, -0.25) is 9.59 Å². The van der Waals surface area contributed by atoms with Gasteiger partial charge in [-0.1, -0.05) is 38.1 Å². The molecule has 18 heavy (non-hydrogen) atoms. The maximum atomic E-state index is 12.1. The van der Waals surface area contributed by atoms with Crippen LogP contribution < -0.4 is 0 Å². The Labute approximate surface area is 106 Å². The van der Waals surface area contributed by atoms with Crippen molar-refractivity contribution < 1.29 is 14.3 Å². The Hall–Kier alpha value is -2.16. The summed E-state index contributed by atoms with van der Waals surface area (Å²) in [5.74, 6) is -0.0420. The van der Waals surface area contributed by atoms with Gasteiger partial charge in [0, 0.05) is 17.2 Å². The highest BCUT2D eigenvalue weighted by molar-refractivity contribution is 6.23. The van der Waals surface area contributed by atoms with Crippen molar-refractivity contribution in [1.29, 1.82) is 0 Å². The summed E-state index contributed by atoms with van der Waals surface area (Å²) in [6.45, 7) is 3.99. The van der Waals surface area contributed by atoms with Crippen LogP contribution in [-0.2, 0) is 4.74 Å². The van der Waals surface area contributed by atoms with Gasteiger partial charge < -0.3 is 4.74 Å². The summed E-state index contributed by atoms with van der Waals surface area (Å²) >= 11 is 0. The second-order valence-electron chi connectivity index (χ2n) is 4.44. The lowest BCUT2D eigenvalue weighted by molar-refractivity contribution is 0.0932. The molecule has 0 heterocycles. The molecule has 3 nitrogen and oxygen atoms in total. The minimum atomic E-state index is -0.251. The molecule has 0 fully saturated rings. The molecule has 1 aliphatic rings. The lowest BCUT2D eigenvalue weighted by atomic mass is 9.94. The molecule has 92 valence electrons. The number of ketones is 2. The topological polar surface area (TPSA) is 43.4 Å². The molecule has 0 saturated carbocycles. The lowest BCUT2D eigenvalue weighted by Gasteiger charge is -2.13. The number of Topliss-reactive ketones (excluding diaryl/α,β-unsaturated/α-hetero) is 1. The van der Waals surface area contributed by atoms with E-state index in [1.54, 1.807) is 24.3 Å². The first-order valence-electron chi connectivity index (χ1n) is 5.82. The third-order valence-corrected chi connectivity index (χ3v) is 2.58. The van der Waals surface area contributed by atoms with Gasteiger partial charge in [0.2, 0.25) is 5.78 Å². The van der Waals surface area contributed by atoms with Gasteiger partial charge in [-0.15, -0.1) is 0 Å². The summed E-state index contributed by atoms with van der Waals surface area (Å²) in [6.07, 6.45) is 4.52. The molecule has 0 unspecified atom stereocenters. The summed E-state index contributed by atoms with van der Waals surface area (Å²) in [5, 5.41) is 0. The van der Waals surface area contributed by atoms with Gasteiger partial charge in [0.15, 0.2) is 11.5 Å². The number of allylic oxidation sites excluding steroid dienone is 3. The summed E-state index contributed by atoms with van der Waals surface area (Å²) in [5.41, 5.74) is 0.834. The fourth-order valence-electron chi connectivity index (χ4n) is 1.65. The fourth-order valence-corrected chi connectivity index (χ4v) is 1.65. The number of carbonyl (C=O) groups is 2. The zero-order valence-electron chi connectivity index (χ0n) is 10.3. The van der Waals surface area contributed by atoms with Gasteiger partial charge in [0.25, 0.3) is 0 Å². The van der Waals surface area contributed by atoms with E-state index in [2.05, 4.69) is 0 Å². The maximum Gasteiger partial charge on any atom is 0.229 e. The van der Waals surface area contributed by atoms with Gasteiger partial charge in [0.1, 0.15) is 0 Å². The molecule has 1 aromatic rings. The van der Waals surface area contributed by atoms with Gasteiger partial charge in [0.05, 0.1) is 6.26 Å². The zero-order valence-corrected chi connectivity index (χ0v) is 10.3. The number of hydrogen-bond acceptors (Lipinski definition) is 3. The van der Waals surface area contributed by atoms with Crippen molar-refractivity contribution in [2.45, 2.75) is 13.8 Å². The SMILES string of the molecule is CC(C)C=COC1=CC(=O)c2ccccc2C1=O. The van der Waals surface area contributed by atoms with E-state index in [4.69, 9.17) is 4.74 Å². The van der Waals surface area contributed by atoms with Crippen LogP contribution in [0, 0.1) is 5.92 Å². The predicted molar refractivity (Wildman–Crippen MR) is 68.2 cm³/mol. The monoisotopic (exact) mass is 242 g/mol. The molecule has 1 aliphatic carbocycles. The molecule has 0 amide bonds. The molecule has 3 heteroatoms. The third kappa shape index (κ3) is 2.40. The highest BCUT2D eigenvalue weighted by atomic mass is 16.5. The van der Waals surface area contributed by atoms with E-state index in [9.17, 15) is 9.59 Å². The van der Waals surface area contributed by atoms with E-state index in [1.165, 1.54) is 12.3 Å². The Morgan fingerprint density at radius 2 is 1.78 bits per heavy atom.